The van der Waals surface area contributed by atoms with Crippen LogP contribution in [0.5, 0.6) is 0 Å². The van der Waals surface area contributed by atoms with Crippen LogP contribution in [-0.2, 0) is 6.54 Å². The molecule has 2 rings (SSSR count). The zero-order valence-corrected chi connectivity index (χ0v) is 6.87. The van der Waals surface area contributed by atoms with Gasteiger partial charge in [0.15, 0.2) is 5.58 Å². The van der Waals surface area contributed by atoms with Gasteiger partial charge < -0.3 is 9.73 Å². The van der Waals surface area contributed by atoms with Gasteiger partial charge >= 0.3 is 0 Å². The smallest absolute Gasteiger partial charge is 0.152 e. The molecule has 12 heavy (non-hydrogen) atoms. The van der Waals surface area contributed by atoms with Crippen LogP contribution in [0, 0.1) is 0 Å². The molecule has 0 saturated carbocycles. The van der Waals surface area contributed by atoms with E-state index in [0.29, 0.717) is 0 Å². The lowest BCUT2D eigenvalue weighted by Crippen LogP contribution is -2.03. The van der Waals surface area contributed by atoms with Crippen LogP contribution in [0.25, 0.3) is 11.0 Å². The van der Waals surface area contributed by atoms with Gasteiger partial charge in [0.1, 0.15) is 0 Å². The van der Waals surface area contributed by atoms with Crippen LogP contribution in [0.4, 0.5) is 0 Å². The number of hydrogen-bond acceptors (Lipinski definition) is 3. The van der Waals surface area contributed by atoms with Crippen LogP contribution in [0.3, 0.4) is 0 Å². The summed E-state index contributed by atoms with van der Waals surface area (Å²) in [5, 5.41) is 4.22. The van der Waals surface area contributed by atoms with Gasteiger partial charge in [-0.3, -0.25) is 4.98 Å². The van der Waals surface area contributed by atoms with E-state index in [1.54, 1.807) is 18.7 Å². The summed E-state index contributed by atoms with van der Waals surface area (Å²) < 4.78 is 5.30. The van der Waals surface area contributed by atoms with Crippen LogP contribution < -0.4 is 5.32 Å². The normalized spacial score (nSPS) is 10.8. The van der Waals surface area contributed by atoms with Crippen molar-refractivity contribution >= 4 is 11.0 Å². The van der Waals surface area contributed by atoms with Crippen molar-refractivity contribution in [2.75, 3.05) is 7.05 Å². The number of aromatic nitrogens is 1. The molecular weight excluding hydrogens is 152 g/mol. The summed E-state index contributed by atoms with van der Waals surface area (Å²) in [5.41, 5.74) is 2.03. The predicted molar refractivity (Wildman–Crippen MR) is 46.8 cm³/mol. The lowest BCUT2D eigenvalue weighted by atomic mass is 10.2. The summed E-state index contributed by atoms with van der Waals surface area (Å²) in [5.74, 6) is 0. The Hall–Kier alpha value is -1.35. The molecule has 2 aromatic rings. The van der Waals surface area contributed by atoms with Gasteiger partial charge in [0.2, 0.25) is 0 Å². The molecule has 0 aliphatic carbocycles. The molecule has 3 heteroatoms. The largest absolute Gasteiger partial charge is 0.462 e. The first-order valence-corrected chi connectivity index (χ1v) is 3.86. The Morgan fingerprint density at radius 3 is 3.33 bits per heavy atom. The van der Waals surface area contributed by atoms with Crippen molar-refractivity contribution in [2.24, 2.45) is 0 Å². The number of hydrogen-bond donors (Lipinski definition) is 1. The van der Waals surface area contributed by atoms with E-state index in [1.807, 2.05) is 13.1 Å². The van der Waals surface area contributed by atoms with Crippen molar-refractivity contribution in [1.29, 1.82) is 0 Å². The van der Waals surface area contributed by atoms with Gasteiger partial charge in [-0.15, -0.1) is 0 Å². The molecule has 0 radical (unpaired) electrons. The SMILES string of the molecule is CNCc1coc2cnccc12. The molecule has 62 valence electrons. The average Bonchev–Trinajstić information content (AvgIpc) is 2.50. The van der Waals surface area contributed by atoms with E-state index >= 15 is 0 Å². The molecule has 0 aliphatic rings. The lowest BCUT2D eigenvalue weighted by Gasteiger charge is -1.93. The zero-order chi connectivity index (χ0) is 8.39. The molecular formula is C9H10N2O. The third-order valence-electron chi connectivity index (χ3n) is 1.83. The maximum atomic E-state index is 5.30. The second-order valence-electron chi connectivity index (χ2n) is 2.66. The monoisotopic (exact) mass is 162 g/mol. The maximum Gasteiger partial charge on any atom is 0.152 e. The van der Waals surface area contributed by atoms with E-state index in [-0.39, 0.29) is 0 Å². The Morgan fingerprint density at radius 1 is 1.58 bits per heavy atom. The minimum Gasteiger partial charge on any atom is -0.462 e. The number of rotatable bonds is 2. The first kappa shape index (κ1) is 7.31. The Balaban J connectivity index is 2.55. The predicted octanol–water partition coefficient (Wildman–Crippen LogP) is 1.55. The molecule has 3 nitrogen and oxygen atoms in total. The third-order valence-corrected chi connectivity index (χ3v) is 1.83. The molecule has 0 atom stereocenters. The molecule has 0 bridgehead atoms. The van der Waals surface area contributed by atoms with E-state index < -0.39 is 0 Å². The molecule has 2 heterocycles. The summed E-state index contributed by atoms with van der Waals surface area (Å²) in [6.45, 7) is 0.830. The highest BCUT2D eigenvalue weighted by molar-refractivity contribution is 5.79. The van der Waals surface area contributed by atoms with E-state index in [2.05, 4.69) is 10.3 Å². The van der Waals surface area contributed by atoms with Crippen molar-refractivity contribution in [3.05, 3.63) is 30.3 Å². The fraction of sp³-hybridized carbons (Fsp3) is 0.222. The lowest BCUT2D eigenvalue weighted by molar-refractivity contribution is 0.606. The topological polar surface area (TPSA) is 38.1 Å². The Bertz CT molecular complexity index is 381. The minimum absolute atomic E-state index is 0.830. The number of pyridine rings is 1. The molecule has 2 aromatic heterocycles. The summed E-state index contributed by atoms with van der Waals surface area (Å²) in [4.78, 5) is 3.97. The Labute approximate surface area is 70.4 Å². The molecule has 0 spiro atoms. The fourth-order valence-electron chi connectivity index (χ4n) is 1.26. The van der Waals surface area contributed by atoms with Gasteiger partial charge in [-0.05, 0) is 13.1 Å². The molecule has 1 N–H and O–H groups in total. The standard InChI is InChI=1S/C9H10N2O/c1-10-4-7-6-12-9-5-11-3-2-8(7)9/h2-3,5-6,10H,4H2,1H3. The zero-order valence-electron chi connectivity index (χ0n) is 6.87. The van der Waals surface area contributed by atoms with Crippen LogP contribution in [-0.4, -0.2) is 12.0 Å². The third kappa shape index (κ3) is 1.08. The summed E-state index contributed by atoms with van der Waals surface area (Å²) in [6.07, 6.45) is 5.27. The first-order chi connectivity index (χ1) is 5.92. The van der Waals surface area contributed by atoms with E-state index in [0.717, 1.165) is 17.5 Å². The summed E-state index contributed by atoms with van der Waals surface area (Å²) in [6, 6.07) is 1.96. The van der Waals surface area contributed by atoms with Crippen molar-refractivity contribution < 1.29 is 4.42 Å². The average molecular weight is 162 g/mol. The van der Waals surface area contributed by atoms with Crippen molar-refractivity contribution in [1.82, 2.24) is 10.3 Å². The van der Waals surface area contributed by atoms with Crippen molar-refractivity contribution in [3.8, 4) is 0 Å². The van der Waals surface area contributed by atoms with Crippen LogP contribution in [0.15, 0.2) is 29.1 Å². The van der Waals surface area contributed by atoms with Crippen LogP contribution >= 0.6 is 0 Å². The van der Waals surface area contributed by atoms with Crippen LogP contribution in [0.2, 0.25) is 0 Å². The minimum atomic E-state index is 0.830. The summed E-state index contributed by atoms with van der Waals surface area (Å²) >= 11 is 0. The number of nitrogens with zero attached hydrogens (tertiary/aromatic N) is 1. The Kier molecular flexibility index (Phi) is 1.80. The van der Waals surface area contributed by atoms with Crippen molar-refractivity contribution in [2.45, 2.75) is 6.54 Å². The van der Waals surface area contributed by atoms with Gasteiger partial charge in [-0.2, -0.15) is 0 Å². The van der Waals surface area contributed by atoms with E-state index in [4.69, 9.17) is 4.42 Å². The van der Waals surface area contributed by atoms with Gasteiger partial charge in [-0.1, -0.05) is 0 Å². The highest BCUT2D eigenvalue weighted by atomic mass is 16.3. The van der Waals surface area contributed by atoms with E-state index in [9.17, 15) is 0 Å². The highest BCUT2D eigenvalue weighted by Crippen LogP contribution is 2.18. The van der Waals surface area contributed by atoms with Gasteiger partial charge in [-0.25, -0.2) is 0 Å². The Morgan fingerprint density at radius 2 is 2.50 bits per heavy atom. The molecule has 0 aliphatic heterocycles. The fourth-order valence-corrected chi connectivity index (χ4v) is 1.26. The molecule has 0 amide bonds. The molecule has 0 saturated heterocycles. The number of fused-ring (bicyclic) bond motifs is 1. The summed E-state index contributed by atoms with van der Waals surface area (Å²) in [7, 11) is 1.92. The van der Waals surface area contributed by atoms with E-state index in [1.165, 1.54) is 5.56 Å². The maximum absolute atomic E-state index is 5.30. The van der Waals surface area contributed by atoms with Gasteiger partial charge in [0, 0.05) is 23.7 Å². The quantitative estimate of drug-likeness (QED) is 0.728. The van der Waals surface area contributed by atoms with Gasteiger partial charge in [0.25, 0.3) is 0 Å². The first-order valence-electron chi connectivity index (χ1n) is 3.86. The number of nitrogens with one attached hydrogen (secondary N) is 1. The second-order valence-corrected chi connectivity index (χ2v) is 2.66. The number of furan rings is 1. The molecule has 0 unspecified atom stereocenters. The molecule has 0 fully saturated rings. The van der Waals surface area contributed by atoms with Gasteiger partial charge in [0.05, 0.1) is 12.5 Å². The van der Waals surface area contributed by atoms with Crippen molar-refractivity contribution in [3.63, 3.8) is 0 Å². The molecule has 0 aromatic carbocycles. The van der Waals surface area contributed by atoms with Crippen LogP contribution in [0.1, 0.15) is 5.56 Å². The second kappa shape index (κ2) is 2.95. The highest BCUT2D eigenvalue weighted by Gasteiger charge is 2.02.